The van der Waals surface area contributed by atoms with Gasteiger partial charge in [0.2, 0.25) is 0 Å². The van der Waals surface area contributed by atoms with Gasteiger partial charge < -0.3 is 0 Å². The molecule has 2 heterocycles. The van der Waals surface area contributed by atoms with Crippen LogP contribution in [0.3, 0.4) is 0 Å². The molecule has 110 valence electrons. The van der Waals surface area contributed by atoms with Crippen molar-refractivity contribution in [1.29, 1.82) is 0 Å². The predicted octanol–water partition coefficient (Wildman–Crippen LogP) is 4.54. The van der Waals surface area contributed by atoms with Gasteiger partial charge in [-0.1, -0.05) is 6.07 Å². The largest absolute Gasteiger partial charge is 0.256 e. The van der Waals surface area contributed by atoms with Crippen molar-refractivity contribution in [3.63, 3.8) is 0 Å². The van der Waals surface area contributed by atoms with Gasteiger partial charge in [0.25, 0.3) is 0 Å². The standard InChI is InChI=1S/C17H11F3N2/c1-10-8-15(11-5-6-13(18)17(20)16(11)19)22-9-12(10)14-4-2-3-7-21-14/h2-9H,1H3. The summed E-state index contributed by atoms with van der Waals surface area (Å²) in [6.07, 6.45) is 3.21. The van der Waals surface area contributed by atoms with Crippen molar-refractivity contribution in [2.45, 2.75) is 6.92 Å². The van der Waals surface area contributed by atoms with E-state index < -0.39 is 17.5 Å². The van der Waals surface area contributed by atoms with Crippen LogP contribution in [0, 0.1) is 24.4 Å². The monoisotopic (exact) mass is 300 g/mol. The number of halogens is 3. The van der Waals surface area contributed by atoms with Crippen molar-refractivity contribution in [2.24, 2.45) is 0 Å². The van der Waals surface area contributed by atoms with Gasteiger partial charge >= 0.3 is 0 Å². The van der Waals surface area contributed by atoms with Crippen LogP contribution in [0.4, 0.5) is 13.2 Å². The second-order valence-electron chi connectivity index (χ2n) is 4.82. The third kappa shape index (κ3) is 2.45. The molecule has 1 aromatic carbocycles. The predicted molar refractivity (Wildman–Crippen MR) is 77.5 cm³/mol. The fourth-order valence-electron chi connectivity index (χ4n) is 2.22. The third-order valence-corrected chi connectivity index (χ3v) is 3.36. The number of rotatable bonds is 2. The lowest BCUT2D eigenvalue weighted by atomic mass is 10.0. The first-order valence-corrected chi connectivity index (χ1v) is 6.60. The summed E-state index contributed by atoms with van der Waals surface area (Å²) in [4.78, 5) is 8.38. The Morgan fingerprint density at radius 1 is 0.818 bits per heavy atom. The Hall–Kier alpha value is -2.69. The van der Waals surface area contributed by atoms with E-state index in [2.05, 4.69) is 9.97 Å². The molecule has 0 aliphatic carbocycles. The Labute approximate surface area is 125 Å². The average molecular weight is 300 g/mol. The first-order valence-electron chi connectivity index (χ1n) is 6.60. The number of hydrogen-bond acceptors (Lipinski definition) is 2. The fraction of sp³-hybridized carbons (Fsp3) is 0.0588. The Morgan fingerprint density at radius 3 is 2.32 bits per heavy atom. The molecule has 0 amide bonds. The molecule has 0 aliphatic heterocycles. The minimum atomic E-state index is -1.49. The van der Waals surface area contributed by atoms with Crippen LogP contribution < -0.4 is 0 Å². The molecule has 0 saturated heterocycles. The SMILES string of the molecule is Cc1cc(-c2ccc(F)c(F)c2F)ncc1-c1ccccn1. The lowest BCUT2D eigenvalue weighted by Gasteiger charge is -2.09. The highest BCUT2D eigenvalue weighted by Gasteiger charge is 2.16. The zero-order valence-corrected chi connectivity index (χ0v) is 11.6. The van der Waals surface area contributed by atoms with E-state index in [-0.39, 0.29) is 11.3 Å². The molecule has 3 rings (SSSR count). The van der Waals surface area contributed by atoms with E-state index in [9.17, 15) is 13.2 Å². The average Bonchev–Trinajstić information content (AvgIpc) is 2.53. The van der Waals surface area contributed by atoms with Crippen LogP contribution in [0.5, 0.6) is 0 Å². The van der Waals surface area contributed by atoms with E-state index in [0.29, 0.717) is 0 Å². The van der Waals surface area contributed by atoms with Gasteiger partial charge in [-0.25, -0.2) is 13.2 Å². The molecule has 2 aromatic heterocycles. The van der Waals surface area contributed by atoms with Gasteiger partial charge in [-0.15, -0.1) is 0 Å². The third-order valence-electron chi connectivity index (χ3n) is 3.36. The van der Waals surface area contributed by atoms with Crippen LogP contribution in [0.1, 0.15) is 5.56 Å². The van der Waals surface area contributed by atoms with E-state index in [4.69, 9.17) is 0 Å². The number of benzene rings is 1. The maximum atomic E-state index is 13.8. The minimum Gasteiger partial charge on any atom is -0.256 e. The van der Waals surface area contributed by atoms with Crippen LogP contribution in [0.15, 0.2) is 48.8 Å². The highest BCUT2D eigenvalue weighted by atomic mass is 19.2. The zero-order valence-electron chi connectivity index (χ0n) is 11.6. The van der Waals surface area contributed by atoms with E-state index >= 15 is 0 Å². The smallest absolute Gasteiger partial charge is 0.195 e. The van der Waals surface area contributed by atoms with Crippen LogP contribution in [0.25, 0.3) is 22.5 Å². The molecule has 2 nitrogen and oxygen atoms in total. The zero-order chi connectivity index (χ0) is 15.7. The Balaban J connectivity index is 2.08. The lowest BCUT2D eigenvalue weighted by molar-refractivity contribution is 0.449. The second kappa shape index (κ2) is 5.60. The van der Waals surface area contributed by atoms with Gasteiger partial charge in [0.1, 0.15) is 0 Å². The molecule has 0 fully saturated rings. The van der Waals surface area contributed by atoms with E-state index in [1.807, 2.05) is 19.1 Å². The normalized spacial score (nSPS) is 10.7. The van der Waals surface area contributed by atoms with Crippen molar-refractivity contribution in [3.8, 4) is 22.5 Å². The molecule has 5 heteroatoms. The molecule has 0 atom stereocenters. The Bertz CT molecular complexity index is 833. The maximum absolute atomic E-state index is 13.8. The molecule has 0 bridgehead atoms. The molecule has 3 aromatic rings. The van der Waals surface area contributed by atoms with Crippen LogP contribution in [-0.4, -0.2) is 9.97 Å². The quantitative estimate of drug-likeness (QED) is 0.649. The van der Waals surface area contributed by atoms with E-state index in [1.54, 1.807) is 24.5 Å². The van der Waals surface area contributed by atoms with Gasteiger partial charge in [0.05, 0.1) is 11.4 Å². The van der Waals surface area contributed by atoms with Gasteiger partial charge in [-0.05, 0) is 42.8 Å². The van der Waals surface area contributed by atoms with E-state index in [1.165, 1.54) is 6.07 Å². The Morgan fingerprint density at radius 2 is 1.64 bits per heavy atom. The molecule has 0 unspecified atom stereocenters. The Kier molecular flexibility index (Phi) is 3.63. The summed E-state index contributed by atoms with van der Waals surface area (Å²) in [6, 6.07) is 9.18. The fourth-order valence-corrected chi connectivity index (χ4v) is 2.22. The first-order chi connectivity index (χ1) is 10.6. The van der Waals surface area contributed by atoms with Crippen LogP contribution in [0.2, 0.25) is 0 Å². The number of aryl methyl sites for hydroxylation is 1. The van der Waals surface area contributed by atoms with Crippen LogP contribution >= 0.6 is 0 Å². The van der Waals surface area contributed by atoms with Gasteiger partial charge in [-0.3, -0.25) is 9.97 Å². The van der Waals surface area contributed by atoms with Crippen molar-refractivity contribution < 1.29 is 13.2 Å². The highest BCUT2D eigenvalue weighted by Crippen LogP contribution is 2.28. The molecule has 0 aliphatic rings. The van der Waals surface area contributed by atoms with Crippen molar-refractivity contribution in [2.75, 3.05) is 0 Å². The van der Waals surface area contributed by atoms with Gasteiger partial charge in [-0.2, -0.15) is 0 Å². The topological polar surface area (TPSA) is 25.8 Å². The molecule has 0 saturated carbocycles. The summed E-state index contributed by atoms with van der Waals surface area (Å²) < 4.78 is 40.2. The number of aromatic nitrogens is 2. The summed E-state index contributed by atoms with van der Waals surface area (Å²) in [6.45, 7) is 1.83. The highest BCUT2D eigenvalue weighted by molar-refractivity contribution is 5.68. The number of nitrogens with zero attached hydrogens (tertiary/aromatic N) is 2. The minimum absolute atomic E-state index is 0.0745. The first kappa shape index (κ1) is 14.3. The van der Waals surface area contributed by atoms with Gasteiger partial charge in [0.15, 0.2) is 17.5 Å². The summed E-state index contributed by atoms with van der Waals surface area (Å²) in [5.41, 5.74) is 2.52. The molecule has 0 spiro atoms. The maximum Gasteiger partial charge on any atom is 0.195 e. The van der Waals surface area contributed by atoms with E-state index in [0.717, 1.165) is 22.9 Å². The summed E-state index contributed by atoms with van der Waals surface area (Å²) >= 11 is 0. The lowest BCUT2D eigenvalue weighted by Crippen LogP contribution is -1.97. The molecular weight excluding hydrogens is 289 g/mol. The second-order valence-corrected chi connectivity index (χ2v) is 4.82. The van der Waals surface area contributed by atoms with Crippen LogP contribution in [-0.2, 0) is 0 Å². The summed E-state index contributed by atoms with van der Waals surface area (Å²) in [5, 5.41) is 0. The van der Waals surface area contributed by atoms with Crippen molar-refractivity contribution >= 4 is 0 Å². The summed E-state index contributed by atoms with van der Waals surface area (Å²) in [7, 11) is 0. The molecule has 0 radical (unpaired) electrons. The molecule has 0 N–H and O–H groups in total. The number of hydrogen-bond donors (Lipinski definition) is 0. The molecular formula is C17H11F3N2. The number of pyridine rings is 2. The van der Waals surface area contributed by atoms with Crippen molar-refractivity contribution in [3.05, 3.63) is 71.8 Å². The molecule has 22 heavy (non-hydrogen) atoms. The summed E-state index contributed by atoms with van der Waals surface area (Å²) in [5.74, 6) is -3.95. The van der Waals surface area contributed by atoms with Crippen molar-refractivity contribution in [1.82, 2.24) is 9.97 Å². The van der Waals surface area contributed by atoms with Gasteiger partial charge in [0, 0.05) is 23.5 Å².